The Hall–Kier alpha value is -4.14. The molecular weight excluding hydrogens is 531 g/mol. The van der Waals surface area contributed by atoms with E-state index < -0.39 is 11.7 Å². The molecule has 0 spiro atoms. The molecule has 3 aromatic carbocycles. The number of aromatic nitrogens is 2. The monoisotopic (exact) mass is 563 g/mol. The molecule has 4 aromatic rings. The number of ether oxygens (including phenoxy) is 1. The van der Waals surface area contributed by atoms with E-state index in [-0.39, 0.29) is 36.3 Å². The number of alkyl halides is 3. The molecular formula is C32H32F3N3O3. The minimum Gasteiger partial charge on any atom is -0.469 e. The van der Waals surface area contributed by atoms with E-state index in [4.69, 9.17) is 4.74 Å². The van der Waals surface area contributed by atoms with Gasteiger partial charge in [-0.3, -0.25) is 14.3 Å². The molecule has 1 saturated carbocycles. The van der Waals surface area contributed by atoms with Crippen molar-refractivity contribution in [1.29, 1.82) is 0 Å². The van der Waals surface area contributed by atoms with Crippen LogP contribution < -0.4 is 5.32 Å². The van der Waals surface area contributed by atoms with Crippen LogP contribution in [0.5, 0.6) is 0 Å². The van der Waals surface area contributed by atoms with Crippen molar-refractivity contribution in [3.63, 3.8) is 0 Å². The van der Waals surface area contributed by atoms with Crippen LogP contribution in [0.1, 0.15) is 54.1 Å². The first-order valence-electron chi connectivity index (χ1n) is 13.7. The summed E-state index contributed by atoms with van der Waals surface area (Å²) in [6, 6.07) is 18.4. The maximum Gasteiger partial charge on any atom is 0.416 e. The number of halogens is 3. The molecule has 1 fully saturated rings. The molecule has 0 saturated heterocycles. The van der Waals surface area contributed by atoms with Gasteiger partial charge in [-0.2, -0.15) is 18.3 Å². The molecule has 1 N–H and O–H groups in total. The third kappa shape index (κ3) is 6.29. The molecule has 1 aliphatic carbocycles. The Labute approximate surface area is 236 Å². The lowest BCUT2D eigenvalue weighted by atomic mass is 9.79. The number of carbonyl (C=O) groups excluding carboxylic acids is 2. The van der Waals surface area contributed by atoms with Crippen molar-refractivity contribution in [2.45, 2.75) is 51.4 Å². The van der Waals surface area contributed by atoms with Crippen LogP contribution in [0.25, 0.3) is 22.0 Å². The van der Waals surface area contributed by atoms with E-state index in [0.29, 0.717) is 16.6 Å². The van der Waals surface area contributed by atoms with E-state index in [2.05, 4.69) is 10.4 Å². The van der Waals surface area contributed by atoms with Gasteiger partial charge in [-0.15, -0.1) is 0 Å². The fourth-order valence-electron chi connectivity index (χ4n) is 5.77. The first kappa shape index (κ1) is 28.4. The Morgan fingerprint density at radius 3 is 2.41 bits per heavy atom. The molecule has 1 heterocycles. The van der Waals surface area contributed by atoms with Gasteiger partial charge in [0.2, 0.25) is 0 Å². The van der Waals surface area contributed by atoms with Crippen LogP contribution in [0.15, 0.2) is 72.9 Å². The molecule has 0 bridgehead atoms. The largest absolute Gasteiger partial charge is 0.469 e. The molecule has 1 aromatic heterocycles. The lowest BCUT2D eigenvalue weighted by molar-refractivity contribution is -0.147. The first-order chi connectivity index (χ1) is 19.6. The number of fused-ring (bicyclic) bond motifs is 1. The second-order valence-electron chi connectivity index (χ2n) is 10.7. The van der Waals surface area contributed by atoms with Gasteiger partial charge in [0.15, 0.2) is 0 Å². The molecule has 6 nitrogen and oxygen atoms in total. The van der Waals surface area contributed by atoms with E-state index in [1.54, 1.807) is 16.9 Å². The number of benzene rings is 3. The van der Waals surface area contributed by atoms with Crippen LogP contribution in [0, 0.1) is 11.8 Å². The van der Waals surface area contributed by atoms with Gasteiger partial charge in [0.1, 0.15) is 0 Å². The standard InChI is InChI=1S/C32H32F3N3O3/c1-20(22-11-13-24(14-12-22)31(40)41-2)37-30(39)28-17-25(23-8-4-3-5-9-23)16-26-18-36-38(29(26)28)19-21-7-6-10-27(15-21)32(33,34)35/h3-10,15-18,20,22,24H,11-14,19H2,1-2H3,(H,37,39)/t20-,22?,24?/m1/s1. The summed E-state index contributed by atoms with van der Waals surface area (Å²) in [5.41, 5.74) is 2.43. The van der Waals surface area contributed by atoms with Crippen molar-refractivity contribution < 1.29 is 27.5 Å². The lowest BCUT2D eigenvalue weighted by Crippen LogP contribution is -2.40. The summed E-state index contributed by atoms with van der Waals surface area (Å²) in [6.45, 7) is 2.05. The first-order valence-corrected chi connectivity index (χ1v) is 13.7. The molecule has 214 valence electrons. The number of hydrogen-bond donors (Lipinski definition) is 1. The number of amides is 1. The van der Waals surface area contributed by atoms with E-state index in [0.717, 1.165) is 54.3 Å². The average molecular weight is 564 g/mol. The van der Waals surface area contributed by atoms with Crippen LogP contribution in [0.3, 0.4) is 0 Å². The normalized spacial score (nSPS) is 18.2. The number of nitrogens with one attached hydrogen (secondary N) is 1. The molecule has 0 unspecified atom stereocenters. The Balaban J connectivity index is 1.46. The van der Waals surface area contributed by atoms with Crippen molar-refractivity contribution >= 4 is 22.8 Å². The van der Waals surface area contributed by atoms with Gasteiger partial charge >= 0.3 is 12.1 Å². The Kier molecular flexibility index (Phi) is 8.15. The molecule has 0 radical (unpaired) electrons. The van der Waals surface area contributed by atoms with E-state index in [9.17, 15) is 22.8 Å². The fraction of sp³-hybridized carbons (Fsp3) is 0.344. The van der Waals surface area contributed by atoms with E-state index in [1.165, 1.54) is 13.2 Å². The number of rotatable bonds is 7. The summed E-state index contributed by atoms with van der Waals surface area (Å²) in [5, 5.41) is 8.35. The molecule has 41 heavy (non-hydrogen) atoms. The maximum absolute atomic E-state index is 13.8. The minimum atomic E-state index is -4.45. The van der Waals surface area contributed by atoms with Crippen LogP contribution in [-0.4, -0.2) is 34.8 Å². The Morgan fingerprint density at radius 1 is 1.00 bits per heavy atom. The second kappa shape index (κ2) is 11.8. The van der Waals surface area contributed by atoms with Gasteiger partial charge in [-0.1, -0.05) is 42.5 Å². The summed E-state index contributed by atoms with van der Waals surface area (Å²) in [4.78, 5) is 25.8. The molecule has 1 aliphatic rings. The summed E-state index contributed by atoms with van der Waals surface area (Å²) < 4.78 is 46.5. The lowest BCUT2D eigenvalue weighted by Gasteiger charge is -2.31. The van der Waals surface area contributed by atoms with Crippen molar-refractivity contribution in [1.82, 2.24) is 15.1 Å². The highest BCUT2D eigenvalue weighted by molar-refractivity contribution is 6.07. The van der Waals surface area contributed by atoms with Crippen LogP contribution in [0.2, 0.25) is 0 Å². The number of carbonyl (C=O) groups is 2. The highest BCUT2D eigenvalue weighted by atomic mass is 19.4. The van der Waals surface area contributed by atoms with Gasteiger partial charge in [0, 0.05) is 11.4 Å². The van der Waals surface area contributed by atoms with Gasteiger partial charge < -0.3 is 10.1 Å². The van der Waals surface area contributed by atoms with Gasteiger partial charge in [0.25, 0.3) is 5.91 Å². The van der Waals surface area contributed by atoms with Crippen LogP contribution >= 0.6 is 0 Å². The second-order valence-corrected chi connectivity index (χ2v) is 10.7. The quantitative estimate of drug-likeness (QED) is 0.249. The van der Waals surface area contributed by atoms with Gasteiger partial charge in [0.05, 0.1) is 42.4 Å². The van der Waals surface area contributed by atoms with Crippen molar-refractivity contribution in [2.24, 2.45) is 11.8 Å². The highest BCUT2D eigenvalue weighted by Crippen LogP contribution is 2.33. The summed E-state index contributed by atoms with van der Waals surface area (Å²) in [6.07, 6.45) is 0.222. The third-order valence-electron chi connectivity index (χ3n) is 8.04. The van der Waals surface area contributed by atoms with Crippen molar-refractivity contribution in [2.75, 3.05) is 7.11 Å². The van der Waals surface area contributed by atoms with E-state index in [1.807, 2.05) is 49.4 Å². The maximum atomic E-state index is 13.8. The summed E-state index contributed by atoms with van der Waals surface area (Å²) in [7, 11) is 1.40. The smallest absolute Gasteiger partial charge is 0.416 e. The number of methoxy groups -OCH3 is 1. The number of hydrogen-bond acceptors (Lipinski definition) is 4. The summed E-state index contributed by atoms with van der Waals surface area (Å²) >= 11 is 0. The Morgan fingerprint density at radius 2 is 1.73 bits per heavy atom. The molecule has 5 rings (SSSR count). The van der Waals surface area contributed by atoms with E-state index >= 15 is 0 Å². The predicted octanol–water partition coefficient (Wildman–Crippen LogP) is 6.87. The Bertz CT molecular complexity index is 1540. The minimum absolute atomic E-state index is 0.0749. The van der Waals surface area contributed by atoms with Crippen molar-refractivity contribution in [3.05, 3.63) is 89.6 Å². The zero-order valence-electron chi connectivity index (χ0n) is 22.9. The zero-order chi connectivity index (χ0) is 29.1. The van der Waals surface area contributed by atoms with Gasteiger partial charge in [-0.25, -0.2) is 0 Å². The third-order valence-corrected chi connectivity index (χ3v) is 8.04. The molecule has 1 atom stereocenters. The van der Waals surface area contributed by atoms with Crippen LogP contribution in [-0.2, 0) is 22.3 Å². The van der Waals surface area contributed by atoms with Gasteiger partial charge in [-0.05, 0) is 79.5 Å². The topological polar surface area (TPSA) is 73.2 Å². The predicted molar refractivity (Wildman–Crippen MR) is 150 cm³/mol. The summed E-state index contributed by atoms with van der Waals surface area (Å²) in [5.74, 6) is -0.357. The number of esters is 1. The fourth-order valence-corrected chi connectivity index (χ4v) is 5.77. The molecule has 1 amide bonds. The molecule has 9 heteroatoms. The number of nitrogens with zero attached hydrogens (tertiary/aromatic N) is 2. The highest BCUT2D eigenvalue weighted by Gasteiger charge is 2.32. The zero-order valence-corrected chi connectivity index (χ0v) is 22.9. The molecule has 0 aliphatic heterocycles. The average Bonchev–Trinajstić information content (AvgIpc) is 3.38. The SMILES string of the molecule is COC(=O)C1CCC([C@@H](C)NC(=O)c2cc(-c3ccccc3)cc3cnn(Cc4cccc(C(F)(F)F)c4)c23)CC1. The van der Waals surface area contributed by atoms with Crippen LogP contribution in [0.4, 0.5) is 13.2 Å². The van der Waals surface area contributed by atoms with Crippen molar-refractivity contribution in [3.8, 4) is 11.1 Å².